The van der Waals surface area contributed by atoms with Gasteiger partial charge < -0.3 is 10.6 Å². The van der Waals surface area contributed by atoms with Crippen LogP contribution in [0.4, 0.5) is 19.3 Å². The van der Waals surface area contributed by atoms with E-state index in [1.807, 2.05) is 6.07 Å². The number of anilines is 1. The highest BCUT2D eigenvalue weighted by molar-refractivity contribution is 5.89. The molecule has 0 bridgehead atoms. The number of aromatic nitrogens is 2. The second-order valence-corrected chi connectivity index (χ2v) is 5.11. The third-order valence-electron chi connectivity index (χ3n) is 3.37. The molecule has 0 unspecified atom stereocenters. The first-order chi connectivity index (χ1) is 10.6. The molecule has 0 spiro atoms. The number of hydrogen-bond acceptors (Lipinski definition) is 3. The SMILES string of the molecule is O=C(NCc1cc(C2CC2)ncn1)Nc1c(F)cccc1F. The number of halogens is 2. The maximum atomic E-state index is 13.4. The van der Waals surface area contributed by atoms with Crippen molar-refractivity contribution in [2.45, 2.75) is 25.3 Å². The molecule has 0 radical (unpaired) electrons. The Labute approximate surface area is 125 Å². The minimum absolute atomic E-state index is 0.157. The fourth-order valence-corrected chi connectivity index (χ4v) is 2.06. The Morgan fingerprint density at radius 2 is 1.95 bits per heavy atom. The van der Waals surface area contributed by atoms with Crippen molar-refractivity contribution in [3.8, 4) is 0 Å². The van der Waals surface area contributed by atoms with Crippen molar-refractivity contribution >= 4 is 11.7 Å². The Kier molecular flexibility index (Phi) is 3.95. The van der Waals surface area contributed by atoms with Gasteiger partial charge in [0.1, 0.15) is 23.6 Å². The number of nitrogens with zero attached hydrogens (tertiary/aromatic N) is 2. The molecule has 2 N–H and O–H groups in total. The van der Waals surface area contributed by atoms with E-state index in [0.717, 1.165) is 30.7 Å². The largest absolute Gasteiger partial charge is 0.332 e. The fraction of sp³-hybridized carbons (Fsp3) is 0.267. The summed E-state index contributed by atoms with van der Waals surface area (Å²) in [6.45, 7) is 0.157. The number of benzene rings is 1. The number of rotatable bonds is 4. The molecule has 1 aliphatic carbocycles. The molecule has 0 atom stereocenters. The normalized spacial score (nSPS) is 13.7. The number of carbonyl (C=O) groups is 1. The summed E-state index contributed by atoms with van der Waals surface area (Å²) in [7, 11) is 0. The average molecular weight is 304 g/mol. The van der Waals surface area contributed by atoms with Gasteiger partial charge in [0.2, 0.25) is 0 Å². The summed E-state index contributed by atoms with van der Waals surface area (Å²) in [4.78, 5) is 20.0. The fourth-order valence-electron chi connectivity index (χ4n) is 2.06. The molecule has 1 fully saturated rings. The molecule has 7 heteroatoms. The van der Waals surface area contributed by atoms with Gasteiger partial charge >= 0.3 is 6.03 Å². The molecule has 0 saturated heterocycles. The monoisotopic (exact) mass is 304 g/mol. The molecular formula is C15H14F2N4O. The van der Waals surface area contributed by atoms with Crippen molar-refractivity contribution in [3.63, 3.8) is 0 Å². The van der Waals surface area contributed by atoms with Gasteiger partial charge in [-0.2, -0.15) is 0 Å². The van der Waals surface area contributed by atoms with E-state index in [4.69, 9.17) is 0 Å². The maximum absolute atomic E-state index is 13.4. The molecule has 1 aromatic heterocycles. The smallest absolute Gasteiger partial charge is 0.319 e. The van der Waals surface area contributed by atoms with Crippen LogP contribution < -0.4 is 10.6 Å². The van der Waals surface area contributed by atoms with Gasteiger partial charge in [0.25, 0.3) is 0 Å². The highest BCUT2D eigenvalue weighted by atomic mass is 19.1. The minimum Gasteiger partial charge on any atom is -0.332 e. The van der Waals surface area contributed by atoms with Gasteiger partial charge in [-0.05, 0) is 31.0 Å². The summed E-state index contributed by atoms with van der Waals surface area (Å²) in [5, 5.41) is 4.67. The van der Waals surface area contributed by atoms with Crippen LogP contribution in [0.1, 0.15) is 30.1 Å². The summed E-state index contributed by atoms with van der Waals surface area (Å²) in [5.74, 6) is -1.16. The molecule has 22 heavy (non-hydrogen) atoms. The molecule has 1 heterocycles. The van der Waals surface area contributed by atoms with E-state index >= 15 is 0 Å². The molecule has 3 rings (SSSR count). The van der Waals surface area contributed by atoms with E-state index in [2.05, 4.69) is 20.6 Å². The van der Waals surface area contributed by atoms with Crippen molar-refractivity contribution in [1.82, 2.24) is 15.3 Å². The van der Waals surface area contributed by atoms with Gasteiger partial charge in [-0.3, -0.25) is 0 Å². The molecule has 1 aliphatic rings. The Bertz CT molecular complexity index is 683. The summed E-state index contributed by atoms with van der Waals surface area (Å²) in [6, 6.07) is 4.52. The lowest BCUT2D eigenvalue weighted by Crippen LogP contribution is -2.29. The molecule has 114 valence electrons. The second-order valence-electron chi connectivity index (χ2n) is 5.11. The summed E-state index contributed by atoms with van der Waals surface area (Å²) in [6.07, 6.45) is 3.70. The average Bonchev–Trinajstić information content (AvgIpc) is 3.34. The Morgan fingerprint density at radius 1 is 1.23 bits per heavy atom. The minimum atomic E-state index is -0.826. The van der Waals surface area contributed by atoms with E-state index in [9.17, 15) is 13.6 Å². The van der Waals surface area contributed by atoms with E-state index in [0.29, 0.717) is 11.6 Å². The predicted molar refractivity (Wildman–Crippen MR) is 76.2 cm³/mol. The number of nitrogens with one attached hydrogen (secondary N) is 2. The maximum Gasteiger partial charge on any atom is 0.319 e. The zero-order valence-corrected chi connectivity index (χ0v) is 11.6. The zero-order valence-electron chi connectivity index (χ0n) is 11.6. The van der Waals surface area contributed by atoms with E-state index in [1.165, 1.54) is 12.4 Å². The molecular weight excluding hydrogens is 290 g/mol. The number of hydrogen-bond donors (Lipinski definition) is 2. The van der Waals surface area contributed by atoms with Crippen LogP contribution in [0.25, 0.3) is 0 Å². The molecule has 1 aromatic carbocycles. The van der Waals surface area contributed by atoms with E-state index in [-0.39, 0.29) is 6.54 Å². The first-order valence-electron chi connectivity index (χ1n) is 6.93. The lowest BCUT2D eigenvalue weighted by Gasteiger charge is -2.09. The predicted octanol–water partition coefficient (Wildman–Crippen LogP) is 2.95. The topological polar surface area (TPSA) is 66.9 Å². The van der Waals surface area contributed by atoms with Crippen molar-refractivity contribution in [2.24, 2.45) is 0 Å². The quantitative estimate of drug-likeness (QED) is 0.912. The summed E-state index contributed by atoms with van der Waals surface area (Å²) >= 11 is 0. The van der Waals surface area contributed by atoms with Crippen LogP contribution in [0.3, 0.4) is 0 Å². The van der Waals surface area contributed by atoms with Crippen LogP contribution in [0.5, 0.6) is 0 Å². The highest BCUT2D eigenvalue weighted by Crippen LogP contribution is 2.38. The molecule has 5 nitrogen and oxygen atoms in total. The number of carbonyl (C=O) groups excluding carboxylic acids is 1. The molecule has 2 aromatic rings. The van der Waals surface area contributed by atoms with Gasteiger partial charge in [-0.1, -0.05) is 6.07 Å². The molecule has 0 aliphatic heterocycles. The third-order valence-corrected chi connectivity index (χ3v) is 3.37. The van der Waals surface area contributed by atoms with Crippen LogP contribution in [0.15, 0.2) is 30.6 Å². The van der Waals surface area contributed by atoms with Gasteiger partial charge in [0, 0.05) is 11.6 Å². The number of para-hydroxylation sites is 1. The molecule has 2 amide bonds. The van der Waals surface area contributed by atoms with Crippen molar-refractivity contribution in [2.75, 3.05) is 5.32 Å². The van der Waals surface area contributed by atoms with Crippen molar-refractivity contribution in [1.29, 1.82) is 0 Å². The Balaban J connectivity index is 1.59. The van der Waals surface area contributed by atoms with Crippen LogP contribution >= 0.6 is 0 Å². The van der Waals surface area contributed by atoms with E-state index in [1.54, 1.807) is 0 Å². The van der Waals surface area contributed by atoms with Crippen LogP contribution in [-0.2, 0) is 6.54 Å². The number of urea groups is 1. The van der Waals surface area contributed by atoms with Crippen LogP contribution in [0.2, 0.25) is 0 Å². The summed E-state index contributed by atoms with van der Waals surface area (Å²) < 4.78 is 26.8. The standard InChI is InChI=1S/C15H14F2N4O/c16-11-2-1-3-12(17)14(11)21-15(22)18-7-10-6-13(9-4-5-9)20-8-19-10/h1-3,6,8-9H,4-5,7H2,(H2,18,21,22). The first kappa shape index (κ1) is 14.4. The van der Waals surface area contributed by atoms with Gasteiger partial charge in [-0.25, -0.2) is 23.5 Å². The lowest BCUT2D eigenvalue weighted by molar-refractivity contribution is 0.251. The van der Waals surface area contributed by atoms with Gasteiger partial charge in [-0.15, -0.1) is 0 Å². The van der Waals surface area contributed by atoms with Gasteiger partial charge in [0.15, 0.2) is 0 Å². The third kappa shape index (κ3) is 3.36. The van der Waals surface area contributed by atoms with Crippen LogP contribution in [0, 0.1) is 11.6 Å². The van der Waals surface area contributed by atoms with Gasteiger partial charge in [0.05, 0.1) is 12.2 Å². The van der Waals surface area contributed by atoms with Crippen molar-refractivity contribution in [3.05, 3.63) is 53.6 Å². The van der Waals surface area contributed by atoms with Crippen LogP contribution in [-0.4, -0.2) is 16.0 Å². The zero-order chi connectivity index (χ0) is 15.5. The Morgan fingerprint density at radius 3 is 2.64 bits per heavy atom. The second kappa shape index (κ2) is 6.05. The lowest BCUT2D eigenvalue weighted by atomic mass is 10.2. The summed E-state index contributed by atoms with van der Waals surface area (Å²) in [5.41, 5.74) is 1.15. The highest BCUT2D eigenvalue weighted by Gasteiger charge is 2.25. The molecule has 1 saturated carbocycles. The number of amides is 2. The Hall–Kier alpha value is -2.57. The first-order valence-corrected chi connectivity index (χ1v) is 6.93. The van der Waals surface area contributed by atoms with Crippen molar-refractivity contribution < 1.29 is 13.6 Å². The van der Waals surface area contributed by atoms with E-state index < -0.39 is 23.4 Å².